The molecule has 0 aliphatic carbocycles. The molecule has 1 aromatic heterocycles. The van der Waals surface area contributed by atoms with Crippen LogP contribution in [0, 0.1) is 0 Å². The minimum atomic E-state index is -0.225. The summed E-state index contributed by atoms with van der Waals surface area (Å²) in [5.41, 5.74) is 0.370. The first-order valence-electron chi connectivity index (χ1n) is 10.9. The van der Waals surface area contributed by atoms with Crippen LogP contribution in [0.25, 0.3) is 10.9 Å². The first kappa shape index (κ1) is 21.8. The van der Waals surface area contributed by atoms with E-state index in [1.807, 2.05) is 25.1 Å². The maximum absolute atomic E-state index is 13.1. The number of nitrogens with one attached hydrogen (secondary N) is 1. The van der Waals surface area contributed by atoms with Gasteiger partial charge in [0.2, 0.25) is 0 Å². The lowest BCUT2D eigenvalue weighted by atomic mass is 10.2. The SMILES string of the molecule is CCOc1ccccc1OCC(=O)N(Cc1nc2ccccc2c(=O)[nH]1)C[C@@H]1CCCO1. The van der Waals surface area contributed by atoms with Crippen molar-refractivity contribution in [1.82, 2.24) is 14.9 Å². The Morgan fingerprint density at radius 3 is 2.66 bits per heavy atom. The van der Waals surface area contributed by atoms with Crippen molar-refractivity contribution in [2.45, 2.75) is 32.4 Å². The molecule has 32 heavy (non-hydrogen) atoms. The molecule has 0 bridgehead atoms. The van der Waals surface area contributed by atoms with Crippen molar-refractivity contribution >= 4 is 16.8 Å². The Labute approximate surface area is 186 Å². The Morgan fingerprint density at radius 1 is 1.16 bits per heavy atom. The van der Waals surface area contributed by atoms with Crippen molar-refractivity contribution < 1.29 is 19.0 Å². The van der Waals surface area contributed by atoms with E-state index in [4.69, 9.17) is 14.2 Å². The van der Waals surface area contributed by atoms with E-state index in [1.54, 1.807) is 35.2 Å². The van der Waals surface area contributed by atoms with Gasteiger partial charge in [-0.25, -0.2) is 4.98 Å². The molecule has 4 rings (SSSR count). The van der Waals surface area contributed by atoms with Crippen LogP contribution in [0.5, 0.6) is 11.5 Å². The van der Waals surface area contributed by atoms with Crippen LogP contribution >= 0.6 is 0 Å². The van der Waals surface area contributed by atoms with Crippen LogP contribution in [0.15, 0.2) is 53.3 Å². The van der Waals surface area contributed by atoms with Crippen LogP contribution in [0.2, 0.25) is 0 Å². The summed E-state index contributed by atoms with van der Waals surface area (Å²) in [4.78, 5) is 34.5. The van der Waals surface area contributed by atoms with Crippen LogP contribution in [-0.2, 0) is 16.1 Å². The Morgan fingerprint density at radius 2 is 1.91 bits per heavy atom. The average molecular weight is 437 g/mol. The fourth-order valence-electron chi connectivity index (χ4n) is 3.75. The molecule has 8 heteroatoms. The summed E-state index contributed by atoms with van der Waals surface area (Å²) >= 11 is 0. The van der Waals surface area contributed by atoms with Crippen molar-refractivity contribution in [3.8, 4) is 11.5 Å². The average Bonchev–Trinajstić information content (AvgIpc) is 3.31. The summed E-state index contributed by atoms with van der Waals surface area (Å²) in [6.07, 6.45) is 1.82. The number of H-pyrrole nitrogens is 1. The fraction of sp³-hybridized carbons (Fsp3) is 0.375. The number of aromatic nitrogens is 2. The molecule has 1 N–H and O–H groups in total. The number of benzene rings is 2. The lowest BCUT2D eigenvalue weighted by molar-refractivity contribution is -0.135. The van der Waals surface area contributed by atoms with Gasteiger partial charge in [0.15, 0.2) is 18.1 Å². The monoisotopic (exact) mass is 437 g/mol. The highest BCUT2D eigenvalue weighted by Crippen LogP contribution is 2.26. The highest BCUT2D eigenvalue weighted by Gasteiger charge is 2.24. The predicted octanol–water partition coefficient (Wildman–Crippen LogP) is 2.91. The third-order valence-electron chi connectivity index (χ3n) is 5.30. The van der Waals surface area contributed by atoms with Gasteiger partial charge in [0.05, 0.1) is 30.2 Å². The number of amides is 1. The molecule has 1 saturated heterocycles. The van der Waals surface area contributed by atoms with E-state index in [2.05, 4.69) is 9.97 Å². The Kier molecular flexibility index (Phi) is 7.01. The lowest BCUT2D eigenvalue weighted by Gasteiger charge is -2.25. The third-order valence-corrected chi connectivity index (χ3v) is 5.30. The summed E-state index contributed by atoms with van der Waals surface area (Å²) in [6.45, 7) is 3.49. The van der Waals surface area contributed by atoms with Crippen LogP contribution in [-0.4, -0.2) is 53.2 Å². The minimum Gasteiger partial charge on any atom is -0.490 e. The van der Waals surface area contributed by atoms with Gasteiger partial charge in [-0.3, -0.25) is 9.59 Å². The Bertz CT molecular complexity index is 1120. The molecule has 2 aromatic carbocycles. The number of fused-ring (bicyclic) bond motifs is 1. The molecule has 0 spiro atoms. The first-order chi connectivity index (χ1) is 15.6. The van der Waals surface area contributed by atoms with E-state index in [1.165, 1.54) is 0 Å². The number of carbonyl (C=O) groups excluding carboxylic acids is 1. The molecule has 2 heterocycles. The van der Waals surface area contributed by atoms with Gasteiger partial charge in [0.25, 0.3) is 11.5 Å². The van der Waals surface area contributed by atoms with Gasteiger partial charge in [-0.1, -0.05) is 24.3 Å². The van der Waals surface area contributed by atoms with Crippen molar-refractivity contribution in [2.24, 2.45) is 0 Å². The van der Waals surface area contributed by atoms with E-state index >= 15 is 0 Å². The highest BCUT2D eigenvalue weighted by molar-refractivity contribution is 5.78. The van der Waals surface area contributed by atoms with Gasteiger partial charge in [0, 0.05) is 13.2 Å². The predicted molar refractivity (Wildman–Crippen MR) is 120 cm³/mol. The molecule has 168 valence electrons. The molecular formula is C24H27N3O5. The maximum Gasteiger partial charge on any atom is 0.261 e. The molecule has 0 unspecified atom stereocenters. The van der Waals surface area contributed by atoms with Gasteiger partial charge >= 0.3 is 0 Å². The van der Waals surface area contributed by atoms with E-state index in [9.17, 15) is 9.59 Å². The zero-order valence-corrected chi connectivity index (χ0v) is 18.1. The second-order valence-electron chi connectivity index (χ2n) is 7.61. The lowest BCUT2D eigenvalue weighted by Crippen LogP contribution is -2.40. The van der Waals surface area contributed by atoms with E-state index in [0.29, 0.717) is 48.0 Å². The number of rotatable bonds is 9. The van der Waals surface area contributed by atoms with Crippen LogP contribution in [0.4, 0.5) is 0 Å². The van der Waals surface area contributed by atoms with Gasteiger partial charge in [-0.05, 0) is 44.0 Å². The molecule has 1 fully saturated rings. The second kappa shape index (κ2) is 10.3. The van der Waals surface area contributed by atoms with Crippen LogP contribution in [0.1, 0.15) is 25.6 Å². The number of hydrogen-bond donors (Lipinski definition) is 1. The number of hydrogen-bond acceptors (Lipinski definition) is 6. The molecule has 1 aliphatic heterocycles. The van der Waals surface area contributed by atoms with Crippen molar-refractivity contribution in [1.29, 1.82) is 0 Å². The molecule has 0 saturated carbocycles. The Hall–Kier alpha value is -3.39. The summed E-state index contributed by atoms with van der Waals surface area (Å²) in [5.74, 6) is 1.31. The van der Waals surface area contributed by atoms with E-state index in [0.717, 1.165) is 12.8 Å². The zero-order valence-electron chi connectivity index (χ0n) is 18.1. The fourth-order valence-corrected chi connectivity index (χ4v) is 3.75. The van der Waals surface area contributed by atoms with Gasteiger partial charge in [-0.2, -0.15) is 0 Å². The van der Waals surface area contributed by atoms with Crippen molar-refractivity contribution in [3.63, 3.8) is 0 Å². The molecule has 1 aliphatic rings. The van der Waals surface area contributed by atoms with Gasteiger partial charge in [0.1, 0.15) is 5.82 Å². The van der Waals surface area contributed by atoms with Gasteiger partial charge < -0.3 is 24.1 Å². The number of carbonyl (C=O) groups is 1. The summed E-state index contributed by atoms with van der Waals surface area (Å²) in [6, 6.07) is 14.4. The van der Waals surface area contributed by atoms with Crippen molar-refractivity contribution in [2.75, 3.05) is 26.4 Å². The Balaban J connectivity index is 1.51. The molecule has 1 amide bonds. The van der Waals surface area contributed by atoms with E-state index in [-0.39, 0.29) is 30.7 Å². The zero-order chi connectivity index (χ0) is 22.3. The third kappa shape index (κ3) is 5.26. The first-order valence-corrected chi connectivity index (χ1v) is 10.9. The normalized spacial score (nSPS) is 15.6. The summed E-state index contributed by atoms with van der Waals surface area (Å²) < 4.78 is 17.1. The topological polar surface area (TPSA) is 93.8 Å². The van der Waals surface area contributed by atoms with Crippen LogP contribution in [0.3, 0.4) is 0 Å². The number of nitrogens with zero attached hydrogens (tertiary/aromatic N) is 2. The second-order valence-corrected chi connectivity index (χ2v) is 7.61. The smallest absolute Gasteiger partial charge is 0.261 e. The minimum absolute atomic E-state index is 0.0400. The number of para-hydroxylation sites is 3. The maximum atomic E-state index is 13.1. The molecule has 0 radical (unpaired) electrons. The summed E-state index contributed by atoms with van der Waals surface area (Å²) in [5, 5.41) is 0.518. The standard InChI is InChI=1S/C24H27N3O5/c1-2-30-20-11-5-6-12-21(20)32-16-23(28)27(14-17-8-7-13-31-17)15-22-25-19-10-4-3-9-18(19)24(29)26-22/h3-6,9-12,17H,2,7-8,13-16H2,1H3,(H,25,26,29)/t17-/m0/s1. The number of ether oxygens (including phenoxy) is 3. The van der Waals surface area contributed by atoms with E-state index < -0.39 is 0 Å². The molecule has 1 atom stereocenters. The molecular weight excluding hydrogens is 410 g/mol. The number of aromatic amines is 1. The quantitative estimate of drug-likeness (QED) is 0.553. The summed E-state index contributed by atoms with van der Waals surface area (Å²) in [7, 11) is 0. The van der Waals surface area contributed by atoms with Gasteiger partial charge in [-0.15, -0.1) is 0 Å². The largest absolute Gasteiger partial charge is 0.490 e. The molecule has 3 aromatic rings. The van der Waals surface area contributed by atoms with Crippen molar-refractivity contribution in [3.05, 3.63) is 64.7 Å². The van der Waals surface area contributed by atoms with Crippen LogP contribution < -0.4 is 15.0 Å². The molecule has 8 nitrogen and oxygen atoms in total. The highest BCUT2D eigenvalue weighted by atomic mass is 16.5.